The summed E-state index contributed by atoms with van der Waals surface area (Å²) in [6, 6.07) is 17.0. The zero-order chi connectivity index (χ0) is 19.5. The Labute approximate surface area is 161 Å². The third kappa shape index (κ3) is 3.45. The van der Waals surface area contributed by atoms with Crippen molar-refractivity contribution in [3.05, 3.63) is 71.7 Å². The van der Waals surface area contributed by atoms with E-state index in [1.807, 2.05) is 23.1 Å². The number of rotatable bonds is 3. The number of hydrogen-bond donors (Lipinski definition) is 0. The number of anilines is 1. The van der Waals surface area contributed by atoms with E-state index in [9.17, 15) is 14.4 Å². The van der Waals surface area contributed by atoms with Crippen molar-refractivity contribution in [2.24, 2.45) is 0 Å². The van der Waals surface area contributed by atoms with Crippen molar-refractivity contribution in [1.29, 1.82) is 5.26 Å². The standard InChI is InChI=1S/C21H17FN4O2/c22-17-8-6-15(7-9-17)19-24-18(14-23)21(28-19)26-12-10-25(11-13-26)20(27)16-4-2-1-3-5-16/h1-9H,10-13H2. The normalized spacial score (nSPS) is 14.0. The van der Waals surface area contributed by atoms with Gasteiger partial charge in [0.2, 0.25) is 17.5 Å². The minimum absolute atomic E-state index is 0.00896. The lowest BCUT2D eigenvalue weighted by atomic mass is 10.2. The minimum Gasteiger partial charge on any atom is -0.419 e. The number of benzene rings is 2. The van der Waals surface area contributed by atoms with E-state index in [4.69, 9.17) is 4.42 Å². The molecule has 1 saturated heterocycles. The number of nitrogens with zero attached hydrogens (tertiary/aromatic N) is 4. The fraction of sp³-hybridized carbons (Fsp3) is 0.190. The number of nitriles is 1. The molecule has 28 heavy (non-hydrogen) atoms. The second-order valence-electron chi connectivity index (χ2n) is 6.44. The van der Waals surface area contributed by atoms with Gasteiger partial charge in [0.1, 0.15) is 11.9 Å². The molecule has 0 radical (unpaired) electrons. The van der Waals surface area contributed by atoms with E-state index in [1.54, 1.807) is 29.2 Å². The SMILES string of the molecule is N#Cc1nc(-c2ccc(F)cc2)oc1N1CCN(C(=O)c2ccccc2)CC1. The van der Waals surface area contributed by atoms with Crippen molar-refractivity contribution in [2.45, 2.75) is 0 Å². The molecule has 1 aromatic heterocycles. The second kappa shape index (κ2) is 7.53. The Morgan fingerprint density at radius 1 is 1.04 bits per heavy atom. The first-order chi connectivity index (χ1) is 13.7. The van der Waals surface area contributed by atoms with Gasteiger partial charge in [0.05, 0.1) is 0 Å². The Morgan fingerprint density at radius 2 is 1.71 bits per heavy atom. The van der Waals surface area contributed by atoms with Gasteiger partial charge in [-0.05, 0) is 36.4 Å². The molecular formula is C21H17FN4O2. The molecule has 2 aromatic carbocycles. The van der Waals surface area contributed by atoms with Crippen molar-refractivity contribution in [2.75, 3.05) is 31.1 Å². The van der Waals surface area contributed by atoms with Gasteiger partial charge in [-0.3, -0.25) is 4.79 Å². The van der Waals surface area contributed by atoms with Crippen LogP contribution >= 0.6 is 0 Å². The lowest BCUT2D eigenvalue weighted by molar-refractivity contribution is 0.0745. The Bertz CT molecular complexity index is 1020. The first-order valence-electron chi connectivity index (χ1n) is 8.92. The lowest BCUT2D eigenvalue weighted by Gasteiger charge is -2.34. The molecule has 0 atom stereocenters. The number of carbonyl (C=O) groups is 1. The van der Waals surface area contributed by atoms with E-state index in [1.165, 1.54) is 12.1 Å². The molecule has 3 aromatic rings. The van der Waals surface area contributed by atoms with Crippen LogP contribution in [0.3, 0.4) is 0 Å². The summed E-state index contributed by atoms with van der Waals surface area (Å²) in [4.78, 5) is 20.5. The maximum atomic E-state index is 13.1. The van der Waals surface area contributed by atoms with Crippen molar-refractivity contribution in [1.82, 2.24) is 9.88 Å². The number of aromatic nitrogens is 1. The van der Waals surface area contributed by atoms with Crippen LogP contribution in [0.1, 0.15) is 16.1 Å². The maximum absolute atomic E-state index is 13.1. The molecule has 0 N–H and O–H groups in total. The molecule has 1 amide bonds. The topological polar surface area (TPSA) is 73.4 Å². The summed E-state index contributed by atoms with van der Waals surface area (Å²) in [5.74, 6) is 0.295. The average Bonchev–Trinajstić information content (AvgIpc) is 3.19. The number of halogens is 1. The summed E-state index contributed by atoms with van der Waals surface area (Å²) in [5, 5.41) is 9.42. The zero-order valence-electron chi connectivity index (χ0n) is 15.0. The largest absolute Gasteiger partial charge is 0.419 e. The maximum Gasteiger partial charge on any atom is 0.253 e. The van der Waals surface area contributed by atoms with E-state index in [0.717, 1.165) is 0 Å². The monoisotopic (exact) mass is 376 g/mol. The van der Waals surface area contributed by atoms with Crippen molar-refractivity contribution >= 4 is 11.8 Å². The van der Waals surface area contributed by atoms with Gasteiger partial charge in [0.15, 0.2) is 0 Å². The highest BCUT2D eigenvalue weighted by Crippen LogP contribution is 2.29. The van der Waals surface area contributed by atoms with E-state index < -0.39 is 0 Å². The summed E-state index contributed by atoms with van der Waals surface area (Å²) < 4.78 is 18.9. The zero-order valence-corrected chi connectivity index (χ0v) is 15.0. The van der Waals surface area contributed by atoms with E-state index in [-0.39, 0.29) is 23.3 Å². The number of amides is 1. The van der Waals surface area contributed by atoms with Gasteiger partial charge in [0.25, 0.3) is 5.91 Å². The third-order valence-electron chi connectivity index (χ3n) is 4.68. The molecule has 1 aliphatic heterocycles. The first-order valence-corrected chi connectivity index (χ1v) is 8.92. The predicted octanol–water partition coefficient (Wildman–Crippen LogP) is 3.31. The van der Waals surface area contributed by atoms with Gasteiger partial charge in [-0.1, -0.05) is 18.2 Å². The van der Waals surface area contributed by atoms with Crippen LogP contribution < -0.4 is 4.90 Å². The molecule has 1 aliphatic rings. The van der Waals surface area contributed by atoms with Crippen LogP contribution in [0.4, 0.5) is 10.3 Å². The molecule has 140 valence electrons. The average molecular weight is 376 g/mol. The molecular weight excluding hydrogens is 359 g/mol. The van der Waals surface area contributed by atoms with Crippen molar-refractivity contribution in [3.8, 4) is 17.5 Å². The summed E-state index contributed by atoms with van der Waals surface area (Å²) in [5.41, 5.74) is 1.44. The van der Waals surface area contributed by atoms with Gasteiger partial charge in [-0.15, -0.1) is 0 Å². The van der Waals surface area contributed by atoms with Gasteiger partial charge >= 0.3 is 0 Å². The molecule has 7 heteroatoms. The molecule has 1 fully saturated rings. The highest BCUT2D eigenvalue weighted by atomic mass is 19.1. The molecule has 0 unspecified atom stereocenters. The highest BCUT2D eigenvalue weighted by molar-refractivity contribution is 5.94. The van der Waals surface area contributed by atoms with E-state index in [2.05, 4.69) is 11.1 Å². The molecule has 0 spiro atoms. The number of piperazine rings is 1. The van der Waals surface area contributed by atoms with Crippen molar-refractivity contribution in [3.63, 3.8) is 0 Å². The smallest absolute Gasteiger partial charge is 0.253 e. The number of hydrogen-bond acceptors (Lipinski definition) is 5. The van der Waals surface area contributed by atoms with Crippen LogP contribution in [0.15, 0.2) is 59.0 Å². The van der Waals surface area contributed by atoms with Crippen LogP contribution in [0.5, 0.6) is 0 Å². The summed E-state index contributed by atoms with van der Waals surface area (Å²) in [6.07, 6.45) is 0. The van der Waals surface area contributed by atoms with Gasteiger partial charge in [0, 0.05) is 37.3 Å². The molecule has 0 saturated carbocycles. The number of oxazole rings is 1. The van der Waals surface area contributed by atoms with Gasteiger partial charge in [-0.25, -0.2) is 4.39 Å². The number of carbonyl (C=O) groups excluding carboxylic acids is 1. The Balaban J connectivity index is 1.49. The van der Waals surface area contributed by atoms with Crippen LogP contribution in [-0.2, 0) is 0 Å². The highest BCUT2D eigenvalue weighted by Gasteiger charge is 2.27. The molecule has 2 heterocycles. The summed E-state index contributed by atoms with van der Waals surface area (Å²) in [6.45, 7) is 2.10. The van der Waals surface area contributed by atoms with Crippen LogP contribution in [0.2, 0.25) is 0 Å². The molecule has 0 bridgehead atoms. The Morgan fingerprint density at radius 3 is 2.36 bits per heavy atom. The van der Waals surface area contributed by atoms with E-state index >= 15 is 0 Å². The quantitative estimate of drug-likeness (QED) is 0.701. The van der Waals surface area contributed by atoms with Gasteiger partial charge < -0.3 is 14.2 Å². The van der Waals surface area contributed by atoms with Gasteiger partial charge in [-0.2, -0.15) is 10.2 Å². The first kappa shape index (κ1) is 17.7. The Kier molecular flexibility index (Phi) is 4.77. The Hall–Kier alpha value is -3.66. The second-order valence-corrected chi connectivity index (χ2v) is 6.44. The predicted molar refractivity (Wildman–Crippen MR) is 101 cm³/mol. The lowest BCUT2D eigenvalue weighted by Crippen LogP contribution is -2.48. The van der Waals surface area contributed by atoms with Crippen LogP contribution in [0, 0.1) is 17.1 Å². The fourth-order valence-electron chi connectivity index (χ4n) is 3.19. The third-order valence-corrected chi connectivity index (χ3v) is 4.68. The fourth-order valence-corrected chi connectivity index (χ4v) is 3.19. The van der Waals surface area contributed by atoms with E-state index in [0.29, 0.717) is 43.2 Å². The molecule has 4 rings (SSSR count). The van der Waals surface area contributed by atoms with Crippen LogP contribution in [0.25, 0.3) is 11.5 Å². The summed E-state index contributed by atoms with van der Waals surface area (Å²) in [7, 11) is 0. The minimum atomic E-state index is -0.352. The molecule has 6 nitrogen and oxygen atoms in total. The van der Waals surface area contributed by atoms with Crippen LogP contribution in [-0.4, -0.2) is 42.0 Å². The van der Waals surface area contributed by atoms with Crippen molar-refractivity contribution < 1.29 is 13.6 Å². The summed E-state index contributed by atoms with van der Waals surface area (Å²) >= 11 is 0. The molecule has 0 aliphatic carbocycles.